The minimum absolute atomic E-state index is 0.171. The van der Waals surface area contributed by atoms with Crippen LogP contribution in [0.15, 0.2) is 78.9 Å². The topological polar surface area (TPSA) is 44.8 Å². The van der Waals surface area contributed by atoms with Crippen LogP contribution in [0.3, 0.4) is 0 Å². The molecule has 0 radical (unpaired) electrons. The van der Waals surface area contributed by atoms with Crippen molar-refractivity contribution >= 4 is 11.6 Å². The summed E-state index contributed by atoms with van der Waals surface area (Å²) in [5.41, 5.74) is 1.86. The van der Waals surface area contributed by atoms with E-state index in [9.17, 15) is 18.0 Å². The first-order valence-electron chi connectivity index (χ1n) is 12.0. The summed E-state index contributed by atoms with van der Waals surface area (Å²) in [4.78, 5) is 17.1. The maximum Gasteiger partial charge on any atom is 0.416 e. The quantitative estimate of drug-likeness (QED) is 0.463. The highest BCUT2D eigenvalue weighted by Crippen LogP contribution is 2.29. The summed E-state index contributed by atoms with van der Waals surface area (Å²) in [5.74, 6) is 0.255. The first-order valence-corrected chi connectivity index (χ1v) is 12.0. The van der Waals surface area contributed by atoms with Crippen LogP contribution in [0.2, 0.25) is 0 Å². The third-order valence-corrected chi connectivity index (χ3v) is 6.18. The standard InChI is InChI=1S/C28H30F3N3O2/c1-21(19-32-27(35)23-9-11-24(12-10-23)28(29,30)31)36-26-13-7-22(8-14-26)20-33-15-17-34(18-16-33)25-5-3-2-4-6-25/h2-14,21H,15-20H2,1H3,(H,32,35)/t21-/m1/s1. The maximum absolute atomic E-state index is 12.7. The third kappa shape index (κ3) is 7.01. The van der Waals surface area contributed by atoms with E-state index < -0.39 is 17.6 Å². The lowest BCUT2D eigenvalue weighted by Gasteiger charge is -2.36. The molecule has 4 rings (SSSR count). The van der Waals surface area contributed by atoms with E-state index in [1.807, 2.05) is 37.3 Å². The van der Waals surface area contributed by atoms with Gasteiger partial charge in [0.2, 0.25) is 0 Å². The Morgan fingerprint density at radius 2 is 1.56 bits per heavy atom. The zero-order chi connectivity index (χ0) is 25.5. The highest BCUT2D eigenvalue weighted by atomic mass is 19.4. The second kappa shape index (κ2) is 11.5. The minimum atomic E-state index is -4.43. The number of hydrogen-bond donors (Lipinski definition) is 1. The fourth-order valence-corrected chi connectivity index (χ4v) is 4.16. The van der Waals surface area contributed by atoms with Crippen molar-refractivity contribution in [1.82, 2.24) is 10.2 Å². The zero-order valence-electron chi connectivity index (χ0n) is 20.2. The Morgan fingerprint density at radius 3 is 2.17 bits per heavy atom. The Bertz CT molecular complexity index is 1110. The van der Waals surface area contributed by atoms with Crippen LogP contribution in [0.25, 0.3) is 0 Å². The smallest absolute Gasteiger partial charge is 0.416 e. The van der Waals surface area contributed by atoms with Gasteiger partial charge in [-0.1, -0.05) is 30.3 Å². The number of carbonyl (C=O) groups excluding carboxylic acids is 1. The Hall–Kier alpha value is -3.52. The fraction of sp³-hybridized carbons (Fsp3) is 0.321. The predicted octanol–water partition coefficient (Wildman–Crippen LogP) is 5.22. The van der Waals surface area contributed by atoms with Crippen LogP contribution in [0, 0.1) is 0 Å². The molecule has 1 N–H and O–H groups in total. The number of nitrogens with one attached hydrogen (secondary N) is 1. The summed E-state index contributed by atoms with van der Waals surface area (Å²) in [7, 11) is 0. The van der Waals surface area contributed by atoms with Gasteiger partial charge >= 0.3 is 6.18 Å². The normalized spacial score (nSPS) is 15.4. The molecule has 3 aromatic rings. The van der Waals surface area contributed by atoms with Gasteiger partial charge in [-0.2, -0.15) is 13.2 Å². The van der Waals surface area contributed by atoms with Crippen LogP contribution < -0.4 is 15.0 Å². The molecule has 0 aromatic heterocycles. The van der Waals surface area contributed by atoms with Crippen LogP contribution in [-0.4, -0.2) is 49.6 Å². The minimum Gasteiger partial charge on any atom is -0.489 e. The molecule has 0 saturated carbocycles. The number of carbonyl (C=O) groups is 1. The van der Waals surface area contributed by atoms with Gasteiger partial charge in [-0.3, -0.25) is 9.69 Å². The van der Waals surface area contributed by atoms with Gasteiger partial charge in [0.15, 0.2) is 0 Å². The summed E-state index contributed by atoms with van der Waals surface area (Å²) in [5, 5.41) is 2.70. The van der Waals surface area contributed by atoms with Gasteiger partial charge in [0.1, 0.15) is 11.9 Å². The summed E-state index contributed by atoms with van der Waals surface area (Å²) in [6.07, 6.45) is -4.73. The number of amides is 1. The van der Waals surface area contributed by atoms with E-state index in [1.165, 1.54) is 23.4 Å². The Morgan fingerprint density at radius 1 is 0.917 bits per heavy atom. The molecule has 1 heterocycles. The molecule has 1 fully saturated rings. The first kappa shape index (κ1) is 25.6. The number of ether oxygens (including phenoxy) is 1. The van der Waals surface area contributed by atoms with Crippen molar-refractivity contribution in [3.05, 3.63) is 95.6 Å². The van der Waals surface area contributed by atoms with E-state index in [0.717, 1.165) is 44.9 Å². The molecule has 36 heavy (non-hydrogen) atoms. The Balaban J connectivity index is 1.19. The zero-order valence-corrected chi connectivity index (χ0v) is 20.2. The number of benzene rings is 3. The van der Waals surface area contributed by atoms with Crippen LogP contribution in [0.4, 0.5) is 18.9 Å². The number of nitrogens with zero attached hydrogens (tertiary/aromatic N) is 2. The monoisotopic (exact) mass is 497 g/mol. The van der Waals surface area contributed by atoms with Crippen molar-refractivity contribution < 1.29 is 22.7 Å². The molecular weight excluding hydrogens is 467 g/mol. The highest BCUT2D eigenvalue weighted by Gasteiger charge is 2.30. The van der Waals surface area contributed by atoms with Crippen molar-refractivity contribution in [1.29, 1.82) is 0 Å². The van der Waals surface area contributed by atoms with E-state index in [2.05, 4.69) is 39.4 Å². The second-order valence-electron chi connectivity index (χ2n) is 8.96. The number of piperazine rings is 1. The van der Waals surface area contributed by atoms with Gasteiger partial charge in [0.25, 0.3) is 5.91 Å². The van der Waals surface area contributed by atoms with Crippen LogP contribution >= 0.6 is 0 Å². The number of anilines is 1. The molecular formula is C28H30F3N3O2. The molecule has 0 bridgehead atoms. The molecule has 1 amide bonds. The highest BCUT2D eigenvalue weighted by molar-refractivity contribution is 5.94. The van der Waals surface area contributed by atoms with Gasteiger partial charge in [0, 0.05) is 44.0 Å². The molecule has 3 aromatic carbocycles. The average Bonchev–Trinajstić information content (AvgIpc) is 2.89. The molecule has 190 valence electrons. The Labute approximate surface area is 209 Å². The number of para-hydroxylation sites is 1. The van der Waals surface area contributed by atoms with Crippen molar-refractivity contribution in [2.75, 3.05) is 37.6 Å². The molecule has 0 unspecified atom stereocenters. The third-order valence-electron chi connectivity index (χ3n) is 6.18. The lowest BCUT2D eigenvalue weighted by Crippen LogP contribution is -2.45. The van der Waals surface area contributed by atoms with Gasteiger partial charge in [-0.15, -0.1) is 0 Å². The van der Waals surface area contributed by atoms with Crippen molar-refractivity contribution in [2.45, 2.75) is 25.7 Å². The molecule has 1 aliphatic heterocycles. The van der Waals surface area contributed by atoms with Gasteiger partial charge in [-0.25, -0.2) is 0 Å². The molecule has 1 atom stereocenters. The second-order valence-corrected chi connectivity index (χ2v) is 8.96. The van der Waals surface area contributed by atoms with Crippen LogP contribution in [-0.2, 0) is 12.7 Å². The molecule has 1 aliphatic rings. The molecule has 0 aliphatic carbocycles. The van der Waals surface area contributed by atoms with E-state index in [-0.39, 0.29) is 18.2 Å². The van der Waals surface area contributed by atoms with E-state index in [4.69, 9.17) is 4.74 Å². The van der Waals surface area contributed by atoms with E-state index >= 15 is 0 Å². The maximum atomic E-state index is 12.7. The van der Waals surface area contributed by atoms with Crippen LogP contribution in [0.1, 0.15) is 28.4 Å². The van der Waals surface area contributed by atoms with Crippen LogP contribution in [0.5, 0.6) is 5.75 Å². The molecule has 0 spiro atoms. The number of hydrogen-bond acceptors (Lipinski definition) is 4. The lowest BCUT2D eigenvalue weighted by molar-refractivity contribution is -0.137. The van der Waals surface area contributed by atoms with Crippen molar-refractivity contribution in [2.24, 2.45) is 0 Å². The van der Waals surface area contributed by atoms with Crippen molar-refractivity contribution in [3.63, 3.8) is 0 Å². The van der Waals surface area contributed by atoms with Gasteiger partial charge in [0.05, 0.1) is 12.1 Å². The van der Waals surface area contributed by atoms with Crippen molar-refractivity contribution in [3.8, 4) is 5.75 Å². The largest absolute Gasteiger partial charge is 0.489 e. The number of halogens is 3. The van der Waals surface area contributed by atoms with E-state index in [0.29, 0.717) is 5.75 Å². The average molecular weight is 498 g/mol. The fourth-order valence-electron chi connectivity index (χ4n) is 4.16. The van der Waals surface area contributed by atoms with Gasteiger partial charge < -0.3 is 15.0 Å². The number of alkyl halides is 3. The Kier molecular flexibility index (Phi) is 8.15. The summed E-state index contributed by atoms with van der Waals surface area (Å²) in [6, 6.07) is 22.6. The lowest BCUT2D eigenvalue weighted by atomic mass is 10.1. The molecule has 1 saturated heterocycles. The summed E-state index contributed by atoms with van der Waals surface area (Å²) >= 11 is 0. The SMILES string of the molecule is C[C@H](CNC(=O)c1ccc(C(F)(F)F)cc1)Oc1ccc(CN2CCN(c3ccccc3)CC2)cc1. The summed E-state index contributed by atoms with van der Waals surface area (Å²) < 4.78 is 43.9. The molecule has 5 nitrogen and oxygen atoms in total. The molecule has 8 heteroatoms. The van der Waals surface area contributed by atoms with Gasteiger partial charge in [-0.05, 0) is 61.0 Å². The van der Waals surface area contributed by atoms with E-state index in [1.54, 1.807) is 0 Å². The summed E-state index contributed by atoms with van der Waals surface area (Å²) in [6.45, 7) is 6.94. The predicted molar refractivity (Wildman–Crippen MR) is 134 cm³/mol. The number of rotatable bonds is 8. The first-order chi connectivity index (χ1) is 17.3.